The second-order valence-corrected chi connectivity index (χ2v) is 4.10. The van der Waals surface area contributed by atoms with Gasteiger partial charge in [-0.1, -0.05) is 12.1 Å². The summed E-state index contributed by atoms with van der Waals surface area (Å²) in [5.74, 6) is -0.278. The number of esters is 1. The first-order valence-electron chi connectivity index (χ1n) is 5.45. The summed E-state index contributed by atoms with van der Waals surface area (Å²) in [5, 5.41) is 0. The first-order valence-corrected chi connectivity index (χ1v) is 5.45. The summed E-state index contributed by atoms with van der Waals surface area (Å²) < 4.78 is 4.64. The summed E-state index contributed by atoms with van der Waals surface area (Å²) in [6, 6.07) is 7.61. The van der Waals surface area contributed by atoms with Crippen LogP contribution < -0.4 is 0 Å². The van der Waals surface area contributed by atoms with E-state index in [-0.39, 0.29) is 5.97 Å². The molecule has 0 fully saturated rings. The van der Waals surface area contributed by atoms with Gasteiger partial charge in [-0.15, -0.1) is 0 Å². The zero-order chi connectivity index (χ0) is 12.0. The van der Waals surface area contributed by atoms with E-state index in [0.29, 0.717) is 5.56 Å². The van der Waals surface area contributed by atoms with E-state index in [1.807, 2.05) is 24.3 Å². The molecular formula is C13H19NO2. The lowest BCUT2D eigenvalue weighted by Crippen LogP contribution is -2.13. The van der Waals surface area contributed by atoms with Crippen molar-refractivity contribution >= 4 is 5.97 Å². The van der Waals surface area contributed by atoms with Gasteiger partial charge in [0.1, 0.15) is 0 Å². The van der Waals surface area contributed by atoms with Gasteiger partial charge in [-0.25, -0.2) is 4.79 Å². The van der Waals surface area contributed by atoms with Gasteiger partial charge in [-0.05, 0) is 51.2 Å². The maximum atomic E-state index is 11.2. The van der Waals surface area contributed by atoms with Gasteiger partial charge >= 0.3 is 5.97 Å². The third-order valence-electron chi connectivity index (χ3n) is 2.45. The number of methoxy groups -OCH3 is 1. The molecule has 0 aliphatic rings. The Morgan fingerprint density at radius 2 is 1.88 bits per heavy atom. The highest BCUT2D eigenvalue weighted by atomic mass is 16.5. The van der Waals surface area contributed by atoms with E-state index in [2.05, 4.69) is 23.7 Å². The minimum Gasteiger partial charge on any atom is -0.465 e. The third-order valence-corrected chi connectivity index (χ3v) is 2.45. The zero-order valence-electron chi connectivity index (χ0n) is 10.2. The molecule has 0 radical (unpaired) electrons. The van der Waals surface area contributed by atoms with Crippen LogP contribution in [-0.4, -0.2) is 38.6 Å². The molecule has 0 aliphatic heterocycles. The highest BCUT2D eigenvalue weighted by molar-refractivity contribution is 5.89. The molecule has 0 unspecified atom stereocenters. The van der Waals surface area contributed by atoms with Gasteiger partial charge < -0.3 is 9.64 Å². The summed E-state index contributed by atoms with van der Waals surface area (Å²) in [6.45, 7) is 1.08. The second-order valence-electron chi connectivity index (χ2n) is 4.10. The van der Waals surface area contributed by atoms with Crippen LogP contribution in [0.25, 0.3) is 0 Å². The van der Waals surface area contributed by atoms with Crippen LogP contribution in [0.15, 0.2) is 24.3 Å². The summed E-state index contributed by atoms with van der Waals surface area (Å²) in [4.78, 5) is 13.4. The number of hydrogen-bond acceptors (Lipinski definition) is 3. The molecule has 0 bridgehead atoms. The molecule has 0 heterocycles. The Labute approximate surface area is 97.0 Å². The van der Waals surface area contributed by atoms with Gasteiger partial charge in [0.05, 0.1) is 12.7 Å². The van der Waals surface area contributed by atoms with E-state index < -0.39 is 0 Å². The van der Waals surface area contributed by atoms with Crippen molar-refractivity contribution in [2.45, 2.75) is 12.8 Å². The lowest BCUT2D eigenvalue weighted by molar-refractivity contribution is 0.0600. The van der Waals surface area contributed by atoms with E-state index in [1.165, 1.54) is 12.7 Å². The summed E-state index contributed by atoms with van der Waals surface area (Å²) in [7, 11) is 5.54. The van der Waals surface area contributed by atoms with Crippen LogP contribution in [0.2, 0.25) is 0 Å². The topological polar surface area (TPSA) is 29.5 Å². The number of benzene rings is 1. The van der Waals surface area contributed by atoms with Crippen LogP contribution in [-0.2, 0) is 11.2 Å². The van der Waals surface area contributed by atoms with Crippen molar-refractivity contribution < 1.29 is 9.53 Å². The van der Waals surface area contributed by atoms with Crippen molar-refractivity contribution in [1.82, 2.24) is 4.90 Å². The molecule has 0 aliphatic carbocycles. The monoisotopic (exact) mass is 221 g/mol. The van der Waals surface area contributed by atoms with Gasteiger partial charge in [0, 0.05) is 0 Å². The quantitative estimate of drug-likeness (QED) is 0.712. The Morgan fingerprint density at radius 1 is 1.25 bits per heavy atom. The van der Waals surface area contributed by atoms with Crippen molar-refractivity contribution in [2.24, 2.45) is 0 Å². The average Bonchev–Trinajstić information content (AvgIpc) is 2.28. The van der Waals surface area contributed by atoms with Crippen molar-refractivity contribution in [3.05, 3.63) is 35.4 Å². The van der Waals surface area contributed by atoms with Crippen molar-refractivity contribution in [1.29, 1.82) is 0 Å². The Balaban J connectivity index is 2.48. The van der Waals surface area contributed by atoms with E-state index in [1.54, 1.807) is 0 Å². The average molecular weight is 221 g/mol. The standard InChI is InChI=1S/C13H19NO2/c1-14(2)10-4-5-11-6-8-12(9-7-11)13(15)16-3/h6-9H,4-5,10H2,1-3H3. The third kappa shape index (κ3) is 4.03. The Hall–Kier alpha value is -1.35. The lowest BCUT2D eigenvalue weighted by Gasteiger charge is -2.09. The number of carbonyl (C=O) groups is 1. The predicted molar refractivity (Wildman–Crippen MR) is 64.7 cm³/mol. The number of nitrogens with zero attached hydrogens (tertiary/aromatic N) is 1. The molecule has 88 valence electrons. The molecule has 3 heteroatoms. The van der Waals surface area contributed by atoms with Crippen molar-refractivity contribution in [2.75, 3.05) is 27.7 Å². The lowest BCUT2D eigenvalue weighted by atomic mass is 10.1. The molecule has 1 aromatic rings. The minimum atomic E-state index is -0.278. The fourth-order valence-electron chi connectivity index (χ4n) is 1.52. The highest BCUT2D eigenvalue weighted by Gasteiger charge is 2.03. The van der Waals surface area contributed by atoms with E-state index in [0.717, 1.165) is 19.4 Å². The van der Waals surface area contributed by atoms with Crippen LogP contribution in [0.4, 0.5) is 0 Å². The van der Waals surface area contributed by atoms with Crippen molar-refractivity contribution in [3.63, 3.8) is 0 Å². The van der Waals surface area contributed by atoms with Crippen molar-refractivity contribution in [3.8, 4) is 0 Å². The number of ether oxygens (including phenoxy) is 1. The summed E-state index contributed by atoms with van der Waals surface area (Å²) in [6.07, 6.45) is 2.17. The van der Waals surface area contributed by atoms with Crippen LogP contribution in [0.3, 0.4) is 0 Å². The van der Waals surface area contributed by atoms with Gasteiger partial charge in [-0.3, -0.25) is 0 Å². The summed E-state index contributed by atoms with van der Waals surface area (Å²) in [5.41, 5.74) is 1.87. The Morgan fingerprint density at radius 3 is 2.38 bits per heavy atom. The molecule has 0 spiro atoms. The number of aryl methyl sites for hydroxylation is 1. The Bertz CT molecular complexity index is 330. The smallest absolute Gasteiger partial charge is 0.337 e. The minimum absolute atomic E-state index is 0.278. The number of hydrogen-bond donors (Lipinski definition) is 0. The molecule has 1 aromatic carbocycles. The molecule has 0 saturated heterocycles. The van der Waals surface area contributed by atoms with E-state index in [4.69, 9.17) is 0 Å². The molecule has 3 nitrogen and oxygen atoms in total. The van der Waals surface area contributed by atoms with Gasteiger partial charge in [-0.2, -0.15) is 0 Å². The molecule has 0 saturated carbocycles. The SMILES string of the molecule is COC(=O)c1ccc(CCCN(C)C)cc1. The predicted octanol–water partition coefficient (Wildman–Crippen LogP) is 1.97. The first kappa shape index (κ1) is 12.7. The maximum Gasteiger partial charge on any atom is 0.337 e. The second kappa shape index (κ2) is 6.28. The first-order chi connectivity index (χ1) is 7.63. The van der Waals surface area contributed by atoms with E-state index >= 15 is 0 Å². The number of rotatable bonds is 5. The molecule has 0 N–H and O–H groups in total. The molecule has 1 rings (SSSR count). The van der Waals surface area contributed by atoms with Crippen LogP contribution >= 0.6 is 0 Å². The van der Waals surface area contributed by atoms with Crippen LogP contribution in [0.5, 0.6) is 0 Å². The Kier molecular flexibility index (Phi) is 4.99. The van der Waals surface area contributed by atoms with Crippen LogP contribution in [0, 0.1) is 0 Å². The maximum absolute atomic E-state index is 11.2. The molecule has 16 heavy (non-hydrogen) atoms. The summed E-state index contributed by atoms with van der Waals surface area (Å²) >= 11 is 0. The normalized spacial score (nSPS) is 10.5. The van der Waals surface area contributed by atoms with Gasteiger partial charge in [0.2, 0.25) is 0 Å². The molecule has 0 amide bonds. The fraction of sp³-hybridized carbons (Fsp3) is 0.462. The highest BCUT2D eigenvalue weighted by Crippen LogP contribution is 2.07. The van der Waals surface area contributed by atoms with Crippen LogP contribution in [0.1, 0.15) is 22.3 Å². The molecule has 0 aromatic heterocycles. The molecule has 0 atom stereocenters. The molecular weight excluding hydrogens is 202 g/mol. The van der Waals surface area contributed by atoms with E-state index in [9.17, 15) is 4.79 Å². The number of carbonyl (C=O) groups excluding carboxylic acids is 1. The van der Waals surface area contributed by atoms with Gasteiger partial charge in [0.15, 0.2) is 0 Å². The zero-order valence-corrected chi connectivity index (χ0v) is 10.2. The fourth-order valence-corrected chi connectivity index (χ4v) is 1.52. The largest absolute Gasteiger partial charge is 0.465 e. The van der Waals surface area contributed by atoms with Gasteiger partial charge in [0.25, 0.3) is 0 Å².